The minimum Gasteiger partial charge on any atom is -0.504 e. The first-order chi connectivity index (χ1) is 13.2. The van der Waals surface area contributed by atoms with Crippen molar-refractivity contribution in [3.05, 3.63) is 106 Å². The summed E-state index contributed by atoms with van der Waals surface area (Å²) in [5.74, 6) is -0.881. The molecule has 1 heterocycles. The Labute approximate surface area is 162 Å². The van der Waals surface area contributed by atoms with Crippen molar-refractivity contribution in [1.82, 2.24) is 10.3 Å². The number of thiazole rings is 1. The van der Waals surface area contributed by atoms with Gasteiger partial charge in [-0.15, -0.1) is 11.3 Å². The molecule has 3 rings (SSSR count). The van der Waals surface area contributed by atoms with E-state index >= 15 is 0 Å². The molecule has 0 atom stereocenters. The molecule has 0 saturated carbocycles. The van der Waals surface area contributed by atoms with Crippen molar-refractivity contribution in [2.75, 3.05) is 0 Å². The van der Waals surface area contributed by atoms with Gasteiger partial charge in [-0.05, 0) is 17.2 Å². The highest BCUT2D eigenvalue weighted by Crippen LogP contribution is 2.24. The van der Waals surface area contributed by atoms with Crippen molar-refractivity contribution in [2.45, 2.75) is 12.6 Å². The van der Waals surface area contributed by atoms with Crippen LogP contribution in [-0.4, -0.2) is 15.9 Å². The highest BCUT2D eigenvalue weighted by molar-refractivity contribution is 7.09. The number of ketones is 1. The summed E-state index contributed by atoms with van der Waals surface area (Å²) >= 11 is 1.48. The molecule has 27 heavy (non-hydrogen) atoms. The Morgan fingerprint density at radius 2 is 1.70 bits per heavy atom. The summed E-state index contributed by atoms with van der Waals surface area (Å²) in [4.78, 5) is 16.7. The van der Waals surface area contributed by atoms with Crippen LogP contribution in [-0.2, 0) is 11.3 Å². The smallest absolute Gasteiger partial charge is 0.219 e. The molecule has 0 bridgehead atoms. The summed E-state index contributed by atoms with van der Waals surface area (Å²) in [5.41, 5.74) is 4.61. The molecule has 0 aliphatic rings. The number of nitrogens with one attached hydrogen (secondary N) is 1. The Morgan fingerprint density at radius 1 is 1.11 bits per heavy atom. The normalized spacial score (nSPS) is 11.5. The molecule has 0 fully saturated rings. The SMILES string of the molecule is C=CC(=O)/C(O)=C/c1ncsc1CNC(c1ccccc1)c1ccccc1. The zero-order valence-electron chi connectivity index (χ0n) is 14.7. The van der Waals surface area contributed by atoms with E-state index in [9.17, 15) is 9.90 Å². The van der Waals surface area contributed by atoms with Crippen molar-refractivity contribution in [2.24, 2.45) is 0 Å². The van der Waals surface area contributed by atoms with Gasteiger partial charge in [0.2, 0.25) is 5.78 Å². The number of carbonyl (C=O) groups is 1. The third kappa shape index (κ3) is 4.78. The molecule has 0 aliphatic carbocycles. The Balaban J connectivity index is 1.82. The number of aromatic nitrogens is 1. The van der Waals surface area contributed by atoms with Gasteiger partial charge in [-0.2, -0.15) is 0 Å². The predicted molar refractivity (Wildman–Crippen MR) is 109 cm³/mol. The molecule has 5 heteroatoms. The fraction of sp³-hybridized carbons (Fsp3) is 0.0909. The van der Waals surface area contributed by atoms with Crippen molar-refractivity contribution in [3.63, 3.8) is 0 Å². The second kappa shape index (κ2) is 9.07. The fourth-order valence-corrected chi connectivity index (χ4v) is 3.44. The van der Waals surface area contributed by atoms with Gasteiger partial charge in [-0.3, -0.25) is 4.79 Å². The van der Waals surface area contributed by atoms with Gasteiger partial charge in [0.1, 0.15) is 0 Å². The highest BCUT2D eigenvalue weighted by atomic mass is 32.1. The topological polar surface area (TPSA) is 62.2 Å². The van der Waals surface area contributed by atoms with Crippen LogP contribution in [0, 0.1) is 0 Å². The minimum absolute atomic E-state index is 0.0229. The maximum Gasteiger partial charge on any atom is 0.219 e. The molecule has 2 aromatic carbocycles. The molecule has 3 aromatic rings. The molecule has 1 aromatic heterocycles. The lowest BCUT2D eigenvalue weighted by molar-refractivity contribution is -0.113. The van der Waals surface area contributed by atoms with E-state index < -0.39 is 5.78 Å². The van der Waals surface area contributed by atoms with E-state index in [-0.39, 0.29) is 11.8 Å². The predicted octanol–water partition coefficient (Wildman–Crippen LogP) is 4.68. The summed E-state index contributed by atoms with van der Waals surface area (Å²) in [6.07, 6.45) is 2.47. The van der Waals surface area contributed by atoms with Gasteiger partial charge in [0.15, 0.2) is 5.76 Å². The second-order valence-electron chi connectivity index (χ2n) is 5.89. The third-order valence-corrected chi connectivity index (χ3v) is 4.97. The Bertz CT molecular complexity index is 894. The van der Waals surface area contributed by atoms with Crippen LogP contribution >= 0.6 is 11.3 Å². The van der Waals surface area contributed by atoms with E-state index in [1.807, 2.05) is 36.4 Å². The Morgan fingerprint density at radius 3 is 2.26 bits per heavy atom. The third-order valence-electron chi connectivity index (χ3n) is 4.12. The average molecular weight is 376 g/mol. The van der Waals surface area contributed by atoms with Crippen LogP contribution in [0.4, 0.5) is 0 Å². The molecule has 0 unspecified atom stereocenters. The highest BCUT2D eigenvalue weighted by Gasteiger charge is 2.15. The molecule has 0 radical (unpaired) electrons. The zero-order valence-corrected chi connectivity index (χ0v) is 15.5. The van der Waals surface area contributed by atoms with Gasteiger partial charge >= 0.3 is 0 Å². The van der Waals surface area contributed by atoms with E-state index in [2.05, 4.69) is 41.1 Å². The average Bonchev–Trinajstić information content (AvgIpc) is 3.16. The van der Waals surface area contributed by atoms with Crippen LogP contribution in [0.25, 0.3) is 6.08 Å². The van der Waals surface area contributed by atoms with E-state index in [0.29, 0.717) is 12.2 Å². The number of hydrogen-bond acceptors (Lipinski definition) is 5. The molecule has 0 aliphatic heterocycles. The van der Waals surface area contributed by atoms with Crippen molar-refractivity contribution in [1.29, 1.82) is 0 Å². The molecule has 4 nitrogen and oxygen atoms in total. The monoisotopic (exact) mass is 376 g/mol. The lowest BCUT2D eigenvalue weighted by Crippen LogP contribution is -2.22. The number of nitrogens with zero attached hydrogens (tertiary/aromatic N) is 1. The Kier molecular flexibility index (Phi) is 6.30. The van der Waals surface area contributed by atoms with Gasteiger partial charge in [-0.25, -0.2) is 4.98 Å². The summed E-state index contributed by atoms with van der Waals surface area (Å²) in [6, 6.07) is 20.5. The number of benzene rings is 2. The number of aliphatic hydroxyl groups is 1. The fourth-order valence-electron chi connectivity index (χ4n) is 2.75. The number of hydrogen-bond donors (Lipinski definition) is 2. The second-order valence-corrected chi connectivity index (χ2v) is 6.83. The van der Waals surface area contributed by atoms with E-state index in [4.69, 9.17) is 0 Å². The van der Waals surface area contributed by atoms with Crippen LogP contribution < -0.4 is 5.32 Å². The van der Waals surface area contributed by atoms with Gasteiger partial charge in [0.05, 0.1) is 17.2 Å². The van der Waals surface area contributed by atoms with Gasteiger partial charge in [0.25, 0.3) is 0 Å². The quantitative estimate of drug-likeness (QED) is 0.443. The van der Waals surface area contributed by atoms with E-state index in [1.54, 1.807) is 5.51 Å². The number of aliphatic hydroxyl groups excluding tert-OH is 1. The van der Waals surface area contributed by atoms with Crippen LogP contribution in [0.5, 0.6) is 0 Å². The van der Waals surface area contributed by atoms with Gasteiger partial charge < -0.3 is 10.4 Å². The van der Waals surface area contributed by atoms with Gasteiger partial charge in [0, 0.05) is 17.5 Å². The maximum absolute atomic E-state index is 11.5. The van der Waals surface area contributed by atoms with E-state index in [1.165, 1.54) is 17.4 Å². The molecule has 0 spiro atoms. The van der Waals surface area contributed by atoms with Crippen LogP contribution in [0.15, 0.2) is 84.6 Å². The first-order valence-electron chi connectivity index (χ1n) is 8.52. The minimum atomic E-state index is -0.520. The zero-order chi connectivity index (χ0) is 19.1. The van der Waals surface area contributed by atoms with Gasteiger partial charge in [-0.1, -0.05) is 67.2 Å². The van der Waals surface area contributed by atoms with Crippen LogP contribution in [0.3, 0.4) is 0 Å². The molecule has 0 amide bonds. The van der Waals surface area contributed by atoms with Crippen molar-refractivity contribution >= 4 is 23.2 Å². The molecular weight excluding hydrogens is 356 g/mol. The first-order valence-corrected chi connectivity index (χ1v) is 9.40. The van der Waals surface area contributed by atoms with Crippen molar-refractivity contribution in [3.8, 4) is 0 Å². The summed E-state index contributed by atoms with van der Waals surface area (Å²) in [6.45, 7) is 3.94. The summed E-state index contributed by atoms with van der Waals surface area (Å²) < 4.78 is 0. The van der Waals surface area contributed by atoms with Crippen molar-refractivity contribution < 1.29 is 9.90 Å². The standard InChI is InChI=1S/C22H20N2O2S/c1-2-19(25)20(26)13-18-21(27-15-24-18)14-23-22(16-9-5-3-6-10-16)17-11-7-4-8-12-17/h2-13,15,22-23,26H,1,14H2/b20-13-. The summed E-state index contributed by atoms with van der Waals surface area (Å²) in [7, 11) is 0. The molecular formula is C22H20N2O2S. The number of carbonyl (C=O) groups excluding carboxylic acids is 1. The Hall–Kier alpha value is -3.02. The molecule has 0 saturated heterocycles. The lowest BCUT2D eigenvalue weighted by Gasteiger charge is -2.19. The van der Waals surface area contributed by atoms with Crippen LogP contribution in [0.1, 0.15) is 27.7 Å². The first kappa shape index (κ1) is 18.8. The maximum atomic E-state index is 11.5. The number of rotatable bonds is 8. The molecule has 136 valence electrons. The summed E-state index contributed by atoms with van der Waals surface area (Å²) in [5, 5.41) is 13.4. The largest absolute Gasteiger partial charge is 0.504 e. The lowest BCUT2D eigenvalue weighted by atomic mass is 9.99. The molecule has 2 N–H and O–H groups in total. The van der Waals surface area contributed by atoms with Crippen LogP contribution in [0.2, 0.25) is 0 Å². The van der Waals surface area contributed by atoms with E-state index in [0.717, 1.165) is 22.1 Å². The number of allylic oxidation sites excluding steroid dienone is 1.